The van der Waals surface area contributed by atoms with E-state index in [4.69, 9.17) is 0 Å². The van der Waals surface area contributed by atoms with Gasteiger partial charge in [0, 0.05) is 25.2 Å². The van der Waals surface area contributed by atoms with Crippen molar-refractivity contribution in [2.24, 2.45) is 0 Å². The second-order valence-corrected chi connectivity index (χ2v) is 8.62. The first-order valence-corrected chi connectivity index (χ1v) is 9.83. The van der Waals surface area contributed by atoms with E-state index < -0.39 is 21.2 Å². The number of anilines is 1. The van der Waals surface area contributed by atoms with Crippen molar-refractivity contribution < 1.29 is 18.3 Å². The summed E-state index contributed by atoms with van der Waals surface area (Å²) in [5, 5.41) is 8.43. The van der Waals surface area contributed by atoms with E-state index in [0.29, 0.717) is 0 Å². The predicted octanol–water partition coefficient (Wildman–Crippen LogP) is 1.93. The van der Waals surface area contributed by atoms with Crippen LogP contribution < -0.4 is 4.90 Å². The lowest BCUT2D eigenvalue weighted by Crippen LogP contribution is -2.26. The molecule has 2 unspecified atom stereocenters. The molecule has 1 aliphatic carbocycles. The van der Waals surface area contributed by atoms with Crippen LogP contribution in [0.1, 0.15) is 38.5 Å². The van der Waals surface area contributed by atoms with Gasteiger partial charge < -0.3 is 10.0 Å². The largest absolute Gasteiger partial charge is 0.393 e. The summed E-state index contributed by atoms with van der Waals surface area (Å²) in [5.74, 6) is -0.380. The highest BCUT2D eigenvalue weighted by Gasteiger charge is 2.41. The normalized spacial score (nSPS) is 26.3. The first kappa shape index (κ1) is 16.5. The van der Waals surface area contributed by atoms with Crippen LogP contribution in [-0.2, 0) is 14.6 Å². The summed E-state index contributed by atoms with van der Waals surface area (Å²) in [6.45, 7) is 2.00. The molecule has 1 saturated heterocycles. The number of carbonyl (C=O) groups excluding carboxylic acids is 1. The van der Waals surface area contributed by atoms with E-state index in [1.165, 1.54) is 12.8 Å². The summed E-state index contributed by atoms with van der Waals surface area (Å²) >= 11 is 0. The fourth-order valence-electron chi connectivity index (χ4n) is 3.47. The average Bonchev–Trinajstić information content (AvgIpc) is 2.75. The van der Waals surface area contributed by atoms with Crippen LogP contribution in [0.5, 0.6) is 0 Å². The lowest BCUT2D eigenvalue weighted by Gasteiger charge is -2.23. The molecule has 1 aromatic rings. The molecule has 0 bridgehead atoms. The van der Waals surface area contributed by atoms with Gasteiger partial charge in [0.25, 0.3) is 0 Å². The number of nitrogens with zero attached hydrogens (tertiary/aromatic N) is 1. The number of carbonyl (C=O) groups is 1. The Kier molecular flexibility index (Phi) is 4.73. The summed E-state index contributed by atoms with van der Waals surface area (Å²) in [4.78, 5) is 14.3. The van der Waals surface area contributed by atoms with Gasteiger partial charge in [-0.1, -0.05) is 12.8 Å². The summed E-state index contributed by atoms with van der Waals surface area (Å²) in [6, 6.07) is 6.84. The number of benzene rings is 1. The van der Waals surface area contributed by atoms with Gasteiger partial charge in [0.15, 0.2) is 15.6 Å². The average molecular weight is 337 g/mol. The molecular formula is C17H23NO4S. The summed E-state index contributed by atoms with van der Waals surface area (Å²) < 4.78 is 25.2. The van der Waals surface area contributed by atoms with Crippen LogP contribution in [0.3, 0.4) is 0 Å². The lowest BCUT2D eigenvalue weighted by molar-refractivity contribution is -0.117. The van der Waals surface area contributed by atoms with Gasteiger partial charge in [-0.2, -0.15) is 0 Å². The molecule has 1 saturated carbocycles. The second kappa shape index (κ2) is 6.61. The van der Waals surface area contributed by atoms with Crippen molar-refractivity contribution in [1.82, 2.24) is 0 Å². The topological polar surface area (TPSA) is 74.7 Å². The van der Waals surface area contributed by atoms with E-state index in [9.17, 15) is 18.3 Å². The van der Waals surface area contributed by atoms with Crippen molar-refractivity contribution in [1.29, 1.82) is 0 Å². The summed E-state index contributed by atoms with van der Waals surface area (Å²) in [5.41, 5.74) is 1.03. The summed E-state index contributed by atoms with van der Waals surface area (Å²) in [7, 11) is -3.70. The Hall–Kier alpha value is -1.40. The minimum atomic E-state index is -3.70. The van der Waals surface area contributed by atoms with Gasteiger partial charge in [-0.3, -0.25) is 4.79 Å². The van der Waals surface area contributed by atoms with E-state index >= 15 is 0 Å². The molecule has 2 aliphatic rings. The maximum atomic E-state index is 12.6. The number of aliphatic hydroxyl groups is 1. The molecule has 23 heavy (non-hydrogen) atoms. The second-order valence-electron chi connectivity index (χ2n) is 6.49. The van der Waals surface area contributed by atoms with E-state index in [1.807, 2.05) is 12.1 Å². The first-order valence-electron chi connectivity index (χ1n) is 8.28. The van der Waals surface area contributed by atoms with E-state index in [-0.39, 0.29) is 23.5 Å². The maximum absolute atomic E-state index is 12.6. The molecule has 6 heteroatoms. The molecular weight excluding hydrogens is 314 g/mol. The van der Waals surface area contributed by atoms with Gasteiger partial charge in [0.05, 0.1) is 11.0 Å². The third kappa shape index (κ3) is 3.43. The van der Waals surface area contributed by atoms with E-state index in [1.54, 1.807) is 12.1 Å². The Labute approximate surface area is 137 Å². The van der Waals surface area contributed by atoms with E-state index in [0.717, 1.165) is 31.6 Å². The Morgan fingerprint density at radius 1 is 1.00 bits per heavy atom. The Morgan fingerprint density at radius 2 is 1.61 bits per heavy atom. The highest BCUT2D eigenvalue weighted by Crippen LogP contribution is 2.29. The molecule has 0 spiro atoms. The molecule has 1 heterocycles. The van der Waals surface area contributed by atoms with Gasteiger partial charge in [-0.25, -0.2) is 8.42 Å². The highest BCUT2D eigenvalue weighted by molar-refractivity contribution is 7.92. The zero-order valence-electron chi connectivity index (χ0n) is 13.1. The Balaban J connectivity index is 1.80. The standard InChI is InChI=1S/C17H23NO4S/c19-14-11-16(20)17(12-14)23(21,22)15-7-5-13(6-8-15)18-9-3-1-2-4-10-18/h5-8,14,17,19H,1-4,9-12H2. The minimum Gasteiger partial charge on any atom is -0.393 e. The maximum Gasteiger partial charge on any atom is 0.188 e. The van der Waals surface area contributed by atoms with Crippen LogP contribution in [-0.4, -0.2) is 43.8 Å². The number of Topliss-reactive ketones (excluding diaryl/α,β-unsaturated/α-hetero) is 1. The number of hydrogen-bond acceptors (Lipinski definition) is 5. The summed E-state index contributed by atoms with van der Waals surface area (Å²) in [6.07, 6.45) is 3.93. The zero-order valence-corrected chi connectivity index (χ0v) is 14.0. The molecule has 1 aliphatic heterocycles. The SMILES string of the molecule is O=C1CC(O)CC1S(=O)(=O)c1ccc(N2CCCCCC2)cc1. The van der Waals surface area contributed by atoms with Crippen LogP contribution in [0, 0.1) is 0 Å². The molecule has 2 atom stereocenters. The number of sulfone groups is 1. The van der Waals surface area contributed by atoms with Crippen molar-refractivity contribution in [2.75, 3.05) is 18.0 Å². The molecule has 0 aromatic heterocycles. The Bertz CT molecular complexity index is 660. The monoisotopic (exact) mass is 337 g/mol. The molecule has 0 radical (unpaired) electrons. The number of aliphatic hydroxyl groups excluding tert-OH is 1. The fraction of sp³-hybridized carbons (Fsp3) is 0.588. The van der Waals surface area contributed by atoms with Crippen molar-refractivity contribution >= 4 is 21.3 Å². The molecule has 1 N–H and O–H groups in total. The number of hydrogen-bond donors (Lipinski definition) is 1. The van der Waals surface area contributed by atoms with Crippen LogP contribution in [0.15, 0.2) is 29.2 Å². The minimum absolute atomic E-state index is 0.00897. The lowest BCUT2D eigenvalue weighted by atomic mass is 10.2. The number of rotatable bonds is 3. The first-order chi connectivity index (χ1) is 11.0. The van der Waals surface area contributed by atoms with Crippen LogP contribution in [0.2, 0.25) is 0 Å². The molecule has 126 valence electrons. The number of ketones is 1. The zero-order chi connectivity index (χ0) is 16.4. The van der Waals surface area contributed by atoms with Gasteiger partial charge in [-0.05, 0) is 43.5 Å². The van der Waals surface area contributed by atoms with Gasteiger partial charge in [-0.15, -0.1) is 0 Å². The van der Waals surface area contributed by atoms with Crippen molar-refractivity contribution in [3.05, 3.63) is 24.3 Å². The van der Waals surface area contributed by atoms with Crippen LogP contribution in [0.25, 0.3) is 0 Å². The quantitative estimate of drug-likeness (QED) is 0.912. The molecule has 5 nitrogen and oxygen atoms in total. The fourth-order valence-corrected chi connectivity index (χ4v) is 5.23. The molecule has 3 rings (SSSR count). The third-order valence-electron chi connectivity index (χ3n) is 4.79. The molecule has 2 fully saturated rings. The van der Waals surface area contributed by atoms with Crippen LogP contribution in [0.4, 0.5) is 5.69 Å². The van der Waals surface area contributed by atoms with Crippen molar-refractivity contribution in [3.63, 3.8) is 0 Å². The van der Waals surface area contributed by atoms with E-state index in [2.05, 4.69) is 4.90 Å². The van der Waals surface area contributed by atoms with Crippen molar-refractivity contribution in [3.8, 4) is 0 Å². The van der Waals surface area contributed by atoms with Gasteiger partial charge in [0.1, 0.15) is 5.25 Å². The van der Waals surface area contributed by atoms with Gasteiger partial charge >= 0.3 is 0 Å². The highest BCUT2D eigenvalue weighted by atomic mass is 32.2. The molecule has 1 aromatic carbocycles. The smallest absolute Gasteiger partial charge is 0.188 e. The van der Waals surface area contributed by atoms with Gasteiger partial charge in [0.2, 0.25) is 0 Å². The Morgan fingerprint density at radius 3 is 2.13 bits per heavy atom. The predicted molar refractivity (Wildman–Crippen MR) is 88.3 cm³/mol. The molecule has 0 amide bonds. The third-order valence-corrected chi connectivity index (χ3v) is 6.93. The van der Waals surface area contributed by atoms with Crippen LogP contribution >= 0.6 is 0 Å². The van der Waals surface area contributed by atoms with Crippen molar-refractivity contribution in [2.45, 2.75) is 54.8 Å².